The Morgan fingerprint density at radius 2 is 1.96 bits per heavy atom. The summed E-state index contributed by atoms with van der Waals surface area (Å²) in [7, 11) is 0. The van der Waals surface area contributed by atoms with Gasteiger partial charge < -0.3 is 11.1 Å². The van der Waals surface area contributed by atoms with E-state index in [1.165, 1.54) is 24.3 Å². The van der Waals surface area contributed by atoms with Crippen molar-refractivity contribution in [3.8, 4) is 0 Å². The SMILES string of the molecule is CC1=IN(c2cccc(CN)c2)C(=O)C1C(=O)Nc1cccc(C(C)(F)F)c1. The first-order valence-electron chi connectivity index (χ1n) is 8.61. The minimum Gasteiger partial charge on any atom is -0.326 e. The Kier molecular flexibility index (Phi) is 5.90. The molecule has 1 aliphatic heterocycles. The van der Waals surface area contributed by atoms with Crippen molar-refractivity contribution in [2.24, 2.45) is 11.7 Å². The van der Waals surface area contributed by atoms with Gasteiger partial charge in [-0.3, -0.25) is 12.7 Å². The van der Waals surface area contributed by atoms with Crippen LogP contribution in [0, 0.1) is 5.92 Å². The van der Waals surface area contributed by atoms with Crippen molar-refractivity contribution in [2.45, 2.75) is 26.3 Å². The van der Waals surface area contributed by atoms with E-state index in [-0.39, 0.29) is 17.2 Å². The van der Waals surface area contributed by atoms with Crippen LogP contribution in [0.5, 0.6) is 0 Å². The number of amides is 2. The van der Waals surface area contributed by atoms with Crippen LogP contribution in [0.25, 0.3) is 0 Å². The van der Waals surface area contributed by atoms with Crippen LogP contribution in [0.2, 0.25) is 0 Å². The van der Waals surface area contributed by atoms with E-state index in [2.05, 4.69) is 5.32 Å². The van der Waals surface area contributed by atoms with Gasteiger partial charge in [0.05, 0.1) is 5.69 Å². The highest BCUT2D eigenvalue weighted by Gasteiger charge is 2.39. The first-order chi connectivity index (χ1) is 13.2. The van der Waals surface area contributed by atoms with Crippen molar-refractivity contribution < 1.29 is 18.4 Å². The minimum atomic E-state index is -3.01. The number of hydrogen-bond acceptors (Lipinski definition) is 3. The predicted molar refractivity (Wildman–Crippen MR) is 115 cm³/mol. The molecule has 0 saturated heterocycles. The van der Waals surface area contributed by atoms with E-state index in [1.54, 1.807) is 10.0 Å². The van der Waals surface area contributed by atoms with Gasteiger partial charge in [-0.05, 0) is 40.3 Å². The summed E-state index contributed by atoms with van der Waals surface area (Å²) < 4.78 is 29.5. The van der Waals surface area contributed by atoms with Crippen molar-refractivity contribution in [1.29, 1.82) is 0 Å². The number of benzene rings is 2. The number of nitrogens with one attached hydrogen (secondary N) is 1. The second kappa shape index (κ2) is 8.04. The number of carbonyl (C=O) groups is 2. The maximum absolute atomic E-state index is 13.5. The van der Waals surface area contributed by atoms with Crippen LogP contribution < -0.4 is 14.2 Å². The lowest BCUT2D eigenvalue weighted by molar-refractivity contribution is -0.126. The summed E-state index contributed by atoms with van der Waals surface area (Å²) in [5.74, 6) is -4.73. The Morgan fingerprint density at radius 1 is 1.25 bits per heavy atom. The molecule has 0 bridgehead atoms. The average molecular weight is 499 g/mol. The molecule has 28 heavy (non-hydrogen) atoms. The topological polar surface area (TPSA) is 75.4 Å². The zero-order valence-electron chi connectivity index (χ0n) is 15.4. The summed E-state index contributed by atoms with van der Waals surface area (Å²) in [5, 5.41) is 2.61. The molecular formula is C20H20F2IN3O2. The molecule has 1 aliphatic rings. The summed E-state index contributed by atoms with van der Waals surface area (Å²) >= 11 is -0.820. The van der Waals surface area contributed by atoms with Gasteiger partial charge in [-0.2, -0.15) is 0 Å². The number of carbonyl (C=O) groups excluding carboxylic acids is 2. The van der Waals surface area contributed by atoms with Crippen LogP contribution in [0.3, 0.4) is 0 Å². The summed E-state index contributed by atoms with van der Waals surface area (Å²) in [5.41, 5.74) is 7.34. The quantitative estimate of drug-likeness (QED) is 0.372. The molecule has 1 heterocycles. The van der Waals surface area contributed by atoms with Gasteiger partial charge >= 0.3 is 0 Å². The predicted octanol–water partition coefficient (Wildman–Crippen LogP) is 3.94. The molecule has 2 amide bonds. The molecule has 0 aromatic heterocycles. The van der Waals surface area contributed by atoms with Crippen LogP contribution in [-0.2, 0) is 22.1 Å². The number of halogens is 3. The van der Waals surface area contributed by atoms with Crippen LogP contribution in [0.4, 0.5) is 20.2 Å². The van der Waals surface area contributed by atoms with Gasteiger partial charge in [0.2, 0.25) is 5.91 Å². The fourth-order valence-electron chi connectivity index (χ4n) is 2.87. The van der Waals surface area contributed by atoms with E-state index in [1.807, 2.05) is 24.3 Å². The second-order valence-corrected chi connectivity index (χ2v) is 9.70. The van der Waals surface area contributed by atoms with E-state index in [9.17, 15) is 18.4 Å². The number of rotatable bonds is 5. The summed E-state index contributed by atoms with van der Waals surface area (Å²) in [6.45, 7) is 2.95. The normalized spacial score (nSPS) is 17.2. The van der Waals surface area contributed by atoms with E-state index >= 15 is 0 Å². The summed E-state index contributed by atoms with van der Waals surface area (Å²) in [4.78, 5) is 25.6. The van der Waals surface area contributed by atoms with Gasteiger partial charge in [0, 0.05) is 45.7 Å². The van der Waals surface area contributed by atoms with Crippen molar-refractivity contribution >= 4 is 47.7 Å². The first-order valence-corrected chi connectivity index (χ1v) is 10.7. The highest BCUT2D eigenvalue weighted by molar-refractivity contribution is 14.2. The molecule has 0 radical (unpaired) electrons. The van der Waals surface area contributed by atoms with Gasteiger partial charge in [0.15, 0.2) is 0 Å². The van der Waals surface area contributed by atoms with E-state index in [0.29, 0.717) is 6.54 Å². The number of hydrogen-bond donors (Lipinski definition) is 2. The fourth-order valence-corrected chi connectivity index (χ4v) is 5.55. The highest BCUT2D eigenvalue weighted by atomic mass is 127. The Hall–Kier alpha value is -2.20. The maximum atomic E-state index is 13.5. The van der Waals surface area contributed by atoms with E-state index < -0.39 is 38.8 Å². The molecule has 1 atom stereocenters. The molecule has 0 spiro atoms. The van der Waals surface area contributed by atoms with Crippen LogP contribution in [-0.4, -0.2) is 15.3 Å². The number of nitrogens with zero attached hydrogens (tertiary/aromatic N) is 1. The van der Waals surface area contributed by atoms with Gasteiger partial charge in [-0.1, -0.05) is 24.3 Å². The lowest BCUT2D eigenvalue weighted by Gasteiger charge is -2.17. The molecule has 2 aromatic carbocycles. The molecule has 8 heteroatoms. The minimum absolute atomic E-state index is 0.198. The monoisotopic (exact) mass is 499 g/mol. The Balaban J connectivity index is 1.80. The molecule has 5 nitrogen and oxygen atoms in total. The van der Waals surface area contributed by atoms with Gasteiger partial charge in [-0.15, -0.1) is 0 Å². The second-order valence-electron chi connectivity index (χ2n) is 6.56. The molecule has 0 saturated carbocycles. The van der Waals surface area contributed by atoms with Crippen molar-refractivity contribution in [3.63, 3.8) is 0 Å². The average Bonchev–Trinajstić information content (AvgIpc) is 2.95. The lowest BCUT2D eigenvalue weighted by Crippen LogP contribution is -2.36. The van der Waals surface area contributed by atoms with Crippen LogP contribution >= 0.6 is 21.0 Å². The molecule has 148 valence electrons. The third kappa shape index (κ3) is 4.27. The largest absolute Gasteiger partial charge is 0.326 e. The molecule has 1 unspecified atom stereocenters. The van der Waals surface area contributed by atoms with Gasteiger partial charge in [0.1, 0.15) is 5.92 Å². The molecular weight excluding hydrogens is 479 g/mol. The van der Waals surface area contributed by atoms with Gasteiger partial charge in [0.25, 0.3) is 11.8 Å². The molecule has 3 rings (SSSR count). The van der Waals surface area contributed by atoms with Crippen molar-refractivity contribution in [2.75, 3.05) is 8.43 Å². The zero-order chi connectivity index (χ0) is 20.5. The maximum Gasteiger partial charge on any atom is 0.270 e. The number of anilines is 2. The fraction of sp³-hybridized carbons (Fsp3) is 0.250. The van der Waals surface area contributed by atoms with Crippen molar-refractivity contribution in [3.05, 3.63) is 59.7 Å². The highest BCUT2D eigenvalue weighted by Crippen LogP contribution is 2.34. The van der Waals surface area contributed by atoms with E-state index in [4.69, 9.17) is 5.73 Å². The van der Waals surface area contributed by atoms with Gasteiger partial charge in [-0.25, -0.2) is 8.78 Å². The molecule has 2 aromatic rings. The third-order valence-electron chi connectivity index (χ3n) is 4.33. The van der Waals surface area contributed by atoms with Crippen LogP contribution in [0.1, 0.15) is 25.0 Å². The molecule has 3 N–H and O–H groups in total. The summed E-state index contributed by atoms with van der Waals surface area (Å²) in [6.07, 6.45) is 0. The molecule has 0 aliphatic carbocycles. The third-order valence-corrected chi connectivity index (χ3v) is 7.23. The Bertz CT molecular complexity index is 956. The smallest absolute Gasteiger partial charge is 0.270 e. The van der Waals surface area contributed by atoms with Crippen molar-refractivity contribution in [1.82, 2.24) is 0 Å². The van der Waals surface area contributed by atoms with E-state index in [0.717, 1.165) is 21.7 Å². The summed E-state index contributed by atoms with van der Waals surface area (Å²) in [6, 6.07) is 12.9. The number of nitrogens with two attached hydrogens (primary N) is 1. The molecule has 0 fully saturated rings. The number of alkyl halides is 2. The Labute approximate surface area is 172 Å². The Morgan fingerprint density at radius 3 is 2.64 bits per heavy atom. The zero-order valence-corrected chi connectivity index (χ0v) is 17.5. The standard InChI is InChI=1S/C20H20F2IN3O2/c1-12-17(18(27)25-15-7-4-6-14(10-15)20(2,21)22)19(28)26(23-12)16-8-3-5-13(9-16)11-24/h3-10,17H,11,24H2,1-2H3,(H,25,27). The first kappa shape index (κ1) is 20.5. The lowest BCUT2D eigenvalue weighted by atomic mass is 10.0. The van der Waals surface area contributed by atoms with Crippen LogP contribution in [0.15, 0.2) is 48.5 Å².